The molecule has 0 aliphatic heterocycles. The van der Waals surface area contributed by atoms with Gasteiger partial charge in [-0.05, 0) is 18.9 Å². The largest absolute Gasteiger partial charge is 0.390 e. The van der Waals surface area contributed by atoms with Gasteiger partial charge >= 0.3 is 0 Å². The van der Waals surface area contributed by atoms with Crippen LogP contribution in [0.4, 0.5) is 0 Å². The van der Waals surface area contributed by atoms with Crippen LogP contribution in [0.15, 0.2) is 18.6 Å². The minimum Gasteiger partial charge on any atom is -0.390 e. The van der Waals surface area contributed by atoms with Crippen LogP contribution in [-0.2, 0) is 0 Å². The molecule has 90 valence electrons. The second-order valence-corrected chi connectivity index (χ2v) is 4.74. The van der Waals surface area contributed by atoms with E-state index >= 15 is 0 Å². The van der Waals surface area contributed by atoms with Crippen molar-refractivity contribution in [2.24, 2.45) is 0 Å². The summed E-state index contributed by atoms with van der Waals surface area (Å²) in [6, 6.07) is 1.91. The van der Waals surface area contributed by atoms with Gasteiger partial charge in [0, 0.05) is 12.2 Å². The second-order valence-electron chi connectivity index (χ2n) is 4.38. The van der Waals surface area contributed by atoms with Crippen molar-refractivity contribution in [3.05, 3.63) is 23.7 Å². The number of rotatable bonds is 1. The molecule has 0 bridgehead atoms. The maximum Gasteiger partial charge on any atom is 0.145 e. The van der Waals surface area contributed by atoms with Crippen LogP contribution in [0.2, 0.25) is 5.15 Å². The molecule has 1 saturated carbocycles. The van der Waals surface area contributed by atoms with E-state index in [1.807, 2.05) is 16.8 Å². The average molecular weight is 254 g/mol. The number of halogens is 1. The number of aliphatic hydroxyl groups excluding tert-OH is 2. The van der Waals surface area contributed by atoms with Gasteiger partial charge in [-0.1, -0.05) is 11.6 Å². The average Bonchev–Trinajstić information content (AvgIpc) is 2.85. The molecule has 17 heavy (non-hydrogen) atoms. The summed E-state index contributed by atoms with van der Waals surface area (Å²) in [5.41, 5.74) is 0.747. The van der Waals surface area contributed by atoms with Gasteiger partial charge < -0.3 is 14.8 Å². The molecular weight excluding hydrogens is 242 g/mol. The third kappa shape index (κ3) is 1.71. The summed E-state index contributed by atoms with van der Waals surface area (Å²) in [5.74, 6) is 0. The lowest BCUT2D eigenvalue weighted by atomic mass is 10.2. The van der Waals surface area contributed by atoms with Gasteiger partial charge in [-0.15, -0.1) is 0 Å². The summed E-state index contributed by atoms with van der Waals surface area (Å²) in [6.07, 6.45) is 3.05. The first-order valence-corrected chi connectivity index (χ1v) is 5.88. The van der Waals surface area contributed by atoms with Crippen LogP contribution in [0.5, 0.6) is 0 Å². The fourth-order valence-corrected chi connectivity index (χ4v) is 2.62. The highest BCUT2D eigenvalue weighted by atomic mass is 35.5. The molecule has 0 amide bonds. The molecule has 2 aromatic rings. The molecule has 2 N–H and O–H groups in total. The summed E-state index contributed by atoms with van der Waals surface area (Å²) in [5, 5.41) is 20.4. The Balaban J connectivity index is 2.04. The number of nitrogens with zero attached hydrogens (tertiary/aromatic N) is 3. The molecule has 6 heteroatoms. The van der Waals surface area contributed by atoms with Crippen LogP contribution in [0, 0.1) is 0 Å². The highest BCUT2D eigenvalue weighted by Crippen LogP contribution is 2.33. The Kier molecular flexibility index (Phi) is 2.54. The van der Waals surface area contributed by atoms with Gasteiger partial charge in [-0.25, -0.2) is 9.97 Å². The molecular formula is C11H12ClN3O2. The number of aromatic nitrogens is 3. The number of hydrogen-bond acceptors (Lipinski definition) is 4. The standard InChI is InChI=1S/C11H12ClN3O2/c12-10-7-1-2-15(11(7)14-5-13-10)6-3-8(16)9(17)4-6/h1-2,5-6,8-9,16-17H,3-4H2/t6?,8-,9?/m0/s1. The van der Waals surface area contributed by atoms with Crippen molar-refractivity contribution in [1.82, 2.24) is 14.5 Å². The maximum atomic E-state index is 9.57. The van der Waals surface area contributed by atoms with Gasteiger partial charge in [0.25, 0.3) is 0 Å². The SMILES string of the molecule is OC1CC(n2ccc3c(Cl)ncnc32)C[C@@H]1O. The van der Waals surface area contributed by atoms with E-state index in [1.54, 1.807) is 0 Å². The first-order valence-electron chi connectivity index (χ1n) is 5.50. The van der Waals surface area contributed by atoms with Gasteiger partial charge in [0.1, 0.15) is 17.1 Å². The van der Waals surface area contributed by atoms with Gasteiger partial charge in [-0.2, -0.15) is 0 Å². The van der Waals surface area contributed by atoms with Crippen molar-refractivity contribution >= 4 is 22.6 Å². The Morgan fingerprint density at radius 3 is 2.65 bits per heavy atom. The zero-order valence-corrected chi connectivity index (χ0v) is 9.75. The summed E-state index contributed by atoms with van der Waals surface area (Å²) < 4.78 is 1.95. The minimum atomic E-state index is -0.658. The number of hydrogen-bond donors (Lipinski definition) is 2. The van der Waals surface area contributed by atoms with Crippen LogP contribution in [0.25, 0.3) is 11.0 Å². The molecule has 1 aliphatic carbocycles. The van der Waals surface area contributed by atoms with Crippen LogP contribution >= 0.6 is 11.6 Å². The van der Waals surface area contributed by atoms with E-state index in [0.717, 1.165) is 11.0 Å². The van der Waals surface area contributed by atoms with Crippen LogP contribution in [0.3, 0.4) is 0 Å². The van der Waals surface area contributed by atoms with Gasteiger partial charge in [0.15, 0.2) is 0 Å². The molecule has 1 aliphatic rings. The quantitative estimate of drug-likeness (QED) is 0.748. The monoisotopic (exact) mass is 253 g/mol. The normalized spacial score (nSPS) is 29.0. The summed E-state index contributed by atoms with van der Waals surface area (Å²) in [7, 11) is 0. The topological polar surface area (TPSA) is 71.2 Å². The molecule has 0 radical (unpaired) electrons. The molecule has 3 rings (SSSR count). The van der Waals surface area contributed by atoms with Crippen LogP contribution in [0.1, 0.15) is 18.9 Å². The van der Waals surface area contributed by atoms with Crippen molar-refractivity contribution in [1.29, 1.82) is 0 Å². The third-order valence-corrected chi connectivity index (χ3v) is 3.63. The van der Waals surface area contributed by atoms with Crippen molar-refractivity contribution < 1.29 is 10.2 Å². The van der Waals surface area contributed by atoms with E-state index in [0.29, 0.717) is 18.0 Å². The molecule has 1 fully saturated rings. The predicted octanol–water partition coefficient (Wildman–Crippen LogP) is 1.14. The fraction of sp³-hybridized carbons (Fsp3) is 0.455. The van der Waals surface area contributed by atoms with Crippen LogP contribution < -0.4 is 0 Å². The Bertz CT molecular complexity index is 547. The predicted molar refractivity (Wildman–Crippen MR) is 62.8 cm³/mol. The Morgan fingerprint density at radius 1 is 1.24 bits per heavy atom. The summed E-state index contributed by atoms with van der Waals surface area (Å²) >= 11 is 5.97. The summed E-state index contributed by atoms with van der Waals surface area (Å²) in [6.45, 7) is 0. The number of aliphatic hydroxyl groups is 2. The molecule has 2 heterocycles. The number of fused-ring (bicyclic) bond motifs is 1. The lowest BCUT2D eigenvalue weighted by molar-refractivity contribution is 0.0438. The molecule has 5 nitrogen and oxygen atoms in total. The van der Waals surface area contributed by atoms with Crippen molar-refractivity contribution in [3.8, 4) is 0 Å². The Hall–Kier alpha value is -1.17. The van der Waals surface area contributed by atoms with Gasteiger partial charge in [-0.3, -0.25) is 0 Å². The highest BCUT2D eigenvalue weighted by molar-refractivity contribution is 6.33. The van der Waals surface area contributed by atoms with E-state index in [1.165, 1.54) is 6.33 Å². The molecule has 0 aromatic carbocycles. The fourth-order valence-electron chi connectivity index (χ4n) is 2.43. The second kappa shape index (κ2) is 3.94. The van der Waals surface area contributed by atoms with Crippen molar-refractivity contribution in [2.45, 2.75) is 31.1 Å². The van der Waals surface area contributed by atoms with Crippen molar-refractivity contribution in [3.63, 3.8) is 0 Å². The van der Waals surface area contributed by atoms with Gasteiger partial charge in [0.2, 0.25) is 0 Å². The first kappa shape index (κ1) is 11.0. The zero-order valence-electron chi connectivity index (χ0n) is 8.99. The summed E-state index contributed by atoms with van der Waals surface area (Å²) in [4.78, 5) is 8.12. The van der Waals surface area contributed by atoms with Crippen molar-refractivity contribution in [2.75, 3.05) is 0 Å². The first-order chi connectivity index (χ1) is 8.16. The molecule has 2 unspecified atom stereocenters. The smallest absolute Gasteiger partial charge is 0.145 e. The Labute approximate surface area is 103 Å². The molecule has 2 aromatic heterocycles. The Morgan fingerprint density at radius 2 is 1.94 bits per heavy atom. The van der Waals surface area contributed by atoms with E-state index in [-0.39, 0.29) is 6.04 Å². The van der Waals surface area contributed by atoms with Gasteiger partial charge in [0.05, 0.1) is 17.6 Å². The zero-order chi connectivity index (χ0) is 12.0. The lowest BCUT2D eigenvalue weighted by Crippen LogP contribution is -2.17. The lowest BCUT2D eigenvalue weighted by Gasteiger charge is -2.12. The highest BCUT2D eigenvalue weighted by Gasteiger charge is 2.33. The molecule has 0 saturated heterocycles. The molecule has 0 spiro atoms. The van der Waals surface area contributed by atoms with Crippen LogP contribution in [-0.4, -0.2) is 37.0 Å². The third-order valence-electron chi connectivity index (χ3n) is 3.33. The van der Waals surface area contributed by atoms with E-state index < -0.39 is 12.2 Å². The minimum absolute atomic E-state index is 0.0588. The maximum absolute atomic E-state index is 9.57. The van der Waals surface area contributed by atoms with E-state index in [9.17, 15) is 10.2 Å². The van der Waals surface area contributed by atoms with E-state index in [2.05, 4.69) is 9.97 Å². The van der Waals surface area contributed by atoms with E-state index in [4.69, 9.17) is 11.6 Å². The molecule has 3 atom stereocenters.